The van der Waals surface area contributed by atoms with Crippen LogP contribution in [0, 0.1) is 11.6 Å². The van der Waals surface area contributed by atoms with Crippen molar-refractivity contribution >= 4 is 40.1 Å². The van der Waals surface area contributed by atoms with E-state index in [2.05, 4.69) is 10.3 Å². The predicted molar refractivity (Wildman–Crippen MR) is 170 cm³/mol. The number of fused-ring (bicyclic) bond motifs is 1. The summed E-state index contributed by atoms with van der Waals surface area (Å²) in [6.45, 7) is 0. The average molecular weight is 702 g/mol. The van der Waals surface area contributed by atoms with Crippen molar-refractivity contribution in [1.29, 1.82) is 0 Å². The SMILES string of the molecule is Cn1cc(-c2ccc(C[C@H](NC(=O)c3c(F)cc(NC(c4ccc(Cl)cc4)C(F)(F)F)cc3F)C(=O)O)c3cccnc23)c(=O)n(C)c1=O. The number of carbonyl (C=O) groups excluding carboxylic acids is 1. The second kappa shape index (κ2) is 13.5. The van der Waals surface area contributed by atoms with Gasteiger partial charge in [0.05, 0.1) is 11.1 Å². The van der Waals surface area contributed by atoms with Gasteiger partial charge in [0.1, 0.15) is 29.3 Å². The third kappa shape index (κ3) is 7.16. The normalized spacial score (nSPS) is 12.8. The number of anilines is 1. The minimum absolute atomic E-state index is 0.140. The Morgan fingerprint density at radius 1 is 0.980 bits per heavy atom. The van der Waals surface area contributed by atoms with Gasteiger partial charge in [0.25, 0.3) is 11.5 Å². The molecule has 3 N–H and O–H groups in total. The van der Waals surface area contributed by atoms with Gasteiger partial charge >= 0.3 is 17.8 Å². The summed E-state index contributed by atoms with van der Waals surface area (Å²) in [6, 6.07) is 7.62. The molecular formula is C33H25ClF5N5O5. The number of hydrogen-bond acceptors (Lipinski definition) is 6. The fourth-order valence-corrected chi connectivity index (χ4v) is 5.45. The van der Waals surface area contributed by atoms with Crippen molar-refractivity contribution in [2.24, 2.45) is 14.1 Å². The van der Waals surface area contributed by atoms with Gasteiger partial charge in [-0.3, -0.25) is 19.1 Å². The number of halogens is 6. The molecule has 5 rings (SSSR count). The molecule has 2 aromatic heterocycles. The molecule has 10 nitrogen and oxygen atoms in total. The first-order valence-electron chi connectivity index (χ1n) is 14.3. The monoisotopic (exact) mass is 701 g/mol. The van der Waals surface area contributed by atoms with Crippen LogP contribution in [0.1, 0.15) is 27.5 Å². The zero-order valence-corrected chi connectivity index (χ0v) is 26.2. The zero-order chi connectivity index (χ0) is 35.8. The number of hydrogen-bond donors (Lipinski definition) is 3. The molecule has 0 radical (unpaired) electrons. The van der Waals surface area contributed by atoms with Gasteiger partial charge in [-0.1, -0.05) is 41.9 Å². The van der Waals surface area contributed by atoms with E-state index in [1.807, 2.05) is 5.32 Å². The van der Waals surface area contributed by atoms with Crippen LogP contribution in [0.2, 0.25) is 5.02 Å². The number of carbonyl (C=O) groups is 2. The molecule has 0 aliphatic carbocycles. The van der Waals surface area contributed by atoms with Crippen LogP contribution >= 0.6 is 11.6 Å². The Hall–Kier alpha value is -5.57. The number of nitrogens with one attached hydrogen (secondary N) is 2. The van der Waals surface area contributed by atoms with Gasteiger partial charge in [-0.15, -0.1) is 0 Å². The van der Waals surface area contributed by atoms with E-state index in [1.165, 1.54) is 55.3 Å². The van der Waals surface area contributed by atoms with Crippen LogP contribution in [0.15, 0.2) is 82.6 Å². The number of pyridine rings is 1. The number of nitrogens with zero attached hydrogens (tertiary/aromatic N) is 3. The van der Waals surface area contributed by atoms with Crippen LogP contribution in [0.5, 0.6) is 0 Å². The van der Waals surface area contributed by atoms with E-state index < -0.39 is 70.7 Å². The highest BCUT2D eigenvalue weighted by Crippen LogP contribution is 2.37. The summed E-state index contributed by atoms with van der Waals surface area (Å²) < 4.78 is 73.9. The van der Waals surface area contributed by atoms with Crippen molar-refractivity contribution < 1.29 is 36.6 Å². The topological polar surface area (TPSA) is 135 Å². The van der Waals surface area contributed by atoms with Crippen molar-refractivity contribution in [3.05, 3.63) is 127 Å². The van der Waals surface area contributed by atoms with Gasteiger partial charge in [-0.2, -0.15) is 13.2 Å². The van der Waals surface area contributed by atoms with Gasteiger partial charge in [0.15, 0.2) is 0 Å². The molecule has 16 heteroatoms. The van der Waals surface area contributed by atoms with Crippen LogP contribution in [0.25, 0.3) is 22.0 Å². The minimum Gasteiger partial charge on any atom is -0.480 e. The Morgan fingerprint density at radius 2 is 1.63 bits per heavy atom. The summed E-state index contributed by atoms with van der Waals surface area (Å²) in [6.07, 6.45) is -2.50. The quantitative estimate of drug-likeness (QED) is 0.176. The van der Waals surface area contributed by atoms with E-state index in [4.69, 9.17) is 11.6 Å². The van der Waals surface area contributed by atoms with Gasteiger partial charge in [0.2, 0.25) is 0 Å². The molecule has 0 fully saturated rings. The molecule has 3 aromatic carbocycles. The summed E-state index contributed by atoms with van der Waals surface area (Å²) in [4.78, 5) is 54.7. The fourth-order valence-electron chi connectivity index (χ4n) is 5.32. The Kier molecular flexibility index (Phi) is 9.58. The fraction of sp³-hybridized carbons (Fsp3) is 0.182. The maximum atomic E-state index is 15.1. The summed E-state index contributed by atoms with van der Waals surface area (Å²) in [5, 5.41) is 14.6. The van der Waals surface area contributed by atoms with Crippen LogP contribution in [0.3, 0.4) is 0 Å². The largest absolute Gasteiger partial charge is 0.480 e. The highest BCUT2D eigenvalue weighted by molar-refractivity contribution is 6.30. The first kappa shape index (κ1) is 34.8. The lowest BCUT2D eigenvalue weighted by molar-refractivity contribution is -0.144. The van der Waals surface area contributed by atoms with Crippen LogP contribution in [-0.2, 0) is 25.3 Å². The van der Waals surface area contributed by atoms with Gasteiger partial charge in [-0.05, 0) is 41.5 Å². The van der Waals surface area contributed by atoms with E-state index in [1.54, 1.807) is 12.1 Å². The Balaban J connectivity index is 1.43. The molecule has 0 saturated heterocycles. The number of aromatic nitrogens is 3. The Bertz CT molecular complexity index is 2200. The number of carboxylic acid groups (broad SMARTS) is 1. The standard InChI is InChI=1S/C33H25ClF5N5O5/c1-43-15-22(30(46)44(2)32(43)49)21-10-7-17(20-4-3-11-40-27(20)21)12-25(31(47)48)42-29(45)26-23(35)13-19(14-24(26)36)41-28(33(37,38)39)16-5-8-18(34)9-6-16/h3-11,13-15,25,28,41H,12H2,1-2H3,(H,42,45)(H,47,48)/t25-,28?/m0/s1. The van der Waals surface area contributed by atoms with Crippen molar-refractivity contribution in [2.45, 2.75) is 24.7 Å². The predicted octanol–water partition coefficient (Wildman–Crippen LogP) is 5.37. The van der Waals surface area contributed by atoms with Gasteiger partial charge in [0, 0.05) is 54.6 Å². The summed E-state index contributed by atoms with van der Waals surface area (Å²) >= 11 is 5.76. The van der Waals surface area contributed by atoms with E-state index >= 15 is 8.78 Å². The molecular weight excluding hydrogens is 677 g/mol. The van der Waals surface area contributed by atoms with E-state index in [0.29, 0.717) is 28.6 Å². The number of alkyl halides is 3. The van der Waals surface area contributed by atoms with Crippen LogP contribution in [0.4, 0.5) is 27.6 Å². The van der Waals surface area contributed by atoms with Crippen molar-refractivity contribution in [3.8, 4) is 11.1 Å². The maximum absolute atomic E-state index is 15.1. The van der Waals surface area contributed by atoms with Crippen molar-refractivity contribution in [3.63, 3.8) is 0 Å². The molecule has 2 atom stereocenters. The average Bonchev–Trinajstić information content (AvgIpc) is 3.04. The van der Waals surface area contributed by atoms with E-state index in [9.17, 15) is 37.5 Å². The molecule has 49 heavy (non-hydrogen) atoms. The highest BCUT2D eigenvalue weighted by Gasteiger charge is 2.41. The number of amides is 1. The number of benzene rings is 3. The molecule has 2 heterocycles. The number of rotatable bonds is 9. The minimum atomic E-state index is -4.89. The third-order valence-electron chi connectivity index (χ3n) is 7.73. The lowest BCUT2D eigenvalue weighted by atomic mass is 9.96. The van der Waals surface area contributed by atoms with E-state index in [0.717, 1.165) is 16.7 Å². The number of carboxylic acids is 1. The highest BCUT2D eigenvalue weighted by atomic mass is 35.5. The third-order valence-corrected chi connectivity index (χ3v) is 7.99. The second-order valence-electron chi connectivity index (χ2n) is 11.0. The van der Waals surface area contributed by atoms with Crippen molar-refractivity contribution in [1.82, 2.24) is 19.4 Å². The van der Waals surface area contributed by atoms with Crippen LogP contribution in [-0.4, -0.2) is 43.3 Å². The molecule has 0 aliphatic heterocycles. The Morgan fingerprint density at radius 3 is 2.24 bits per heavy atom. The molecule has 5 aromatic rings. The second-order valence-corrected chi connectivity index (χ2v) is 11.5. The molecule has 0 saturated carbocycles. The number of aryl methyl sites for hydroxylation is 1. The molecule has 0 bridgehead atoms. The van der Waals surface area contributed by atoms with Gasteiger partial charge in [-0.25, -0.2) is 18.4 Å². The maximum Gasteiger partial charge on any atom is 0.412 e. The smallest absolute Gasteiger partial charge is 0.412 e. The summed E-state index contributed by atoms with van der Waals surface area (Å²) in [5.74, 6) is -6.11. The number of aliphatic carboxylic acids is 1. The lowest BCUT2D eigenvalue weighted by Crippen LogP contribution is -2.43. The first-order valence-corrected chi connectivity index (χ1v) is 14.7. The Labute approximate surface area is 278 Å². The van der Waals surface area contributed by atoms with E-state index in [-0.39, 0.29) is 21.7 Å². The molecule has 1 amide bonds. The summed E-state index contributed by atoms with van der Waals surface area (Å²) in [7, 11) is 2.78. The molecule has 0 aliphatic rings. The molecule has 254 valence electrons. The van der Waals surface area contributed by atoms with Gasteiger partial charge < -0.3 is 20.3 Å². The zero-order valence-electron chi connectivity index (χ0n) is 25.5. The summed E-state index contributed by atoms with van der Waals surface area (Å²) in [5.41, 5.74) is -2.19. The molecule has 1 unspecified atom stereocenters. The van der Waals surface area contributed by atoms with Crippen molar-refractivity contribution in [2.75, 3.05) is 5.32 Å². The lowest BCUT2D eigenvalue weighted by Gasteiger charge is -2.23. The molecule has 0 spiro atoms. The first-order chi connectivity index (χ1) is 23.1. The van der Waals surface area contributed by atoms with Crippen LogP contribution < -0.4 is 21.9 Å².